The van der Waals surface area contributed by atoms with E-state index >= 15 is 0 Å². The van der Waals surface area contributed by atoms with Gasteiger partial charge >= 0.3 is 0 Å². The van der Waals surface area contributed by atoms with Gasteiger partial charge in [0, 0.05) is 11.8 Å². The molecule has 0 unspecified atom stereocenters. The van der Waals surface area contributed by atoms with E-state index in [1.54, 1.807) is 0 Å². The third-order valence-corrected chi connectivity index (χ3v) is 1.32. The number of halogens is 1. The monoisotopic (exact) mass is 169 g/mol. The Balaban J connectivity index is 3.05. The van der Waals surface area contributed by atoms with E-state index in [2.05, 4.69) is 4.98 Å². The molecule has 0 aromatic carbocycles. The maximum atomic E-state index is 10.7. The Labute approximate surface area is 68.0 Å². The normalized spacial score (nSPS) is 9.18. The third kappa shape index (κ3) is 1.85. The first kappa shape index (κ1) is 7.88. The van der Waals surface area contributed by atoms with Gasteiger partial charge in [0.2, 0.25) is 5.78 Å². The van der Waals surface area contributed by atoms with Gasteiger partial charge in [-0.2, -0.15) is 0 Å². The second-order valence-electron chi connectivity index (χ2n) is 1.85. The molecule has 0 saturated heterocycles. The van der Waals surface area contributed by atoms with Crippen molar-refractivity contribution >= 4 is 23.7 Å². The molecule has 0 aliphatic rings. The van der Waals surface area contributed by atoms with Gasteiger partial charge in [0.25, 0.3) is 0 Å². The Bertz CT molecular complexity index is 298. The van der Waals surface area contributed by atoms with Gasteiger partial charge in [-0.1, -0.05) is 11.6 Å². The van der Waals surface area contributed by atoms with Gasteiger partial charge in [-0.3, -0.25) is 9.59 Å². The first-order valence-electron chi connectivity index (χ1n) is 2.85. The highest BCUT2D eigenvalue weighted by atomic mass is 35.5. The van der Waals surface area contributed by atoms with E-state index in [-0.39, 0.29) is 17.0 Å². The summed E-state index contributed by atoms with van der Waals surface area (Å²) in [5, 5.41) is 0.206. The zero-order chi connectivity index (χ0) is 8.27. The number of carbonyl (C=O) groups is 2. The molecule has 0 aliphatic carbocycles. The fourth-order valence-corrected chi connectivity index (χ4v) is 0.798. The van der Waals surface area contributed by atoms with Crippen LogP contribution in [0.15, 0.2) is 18.3 Å². The quantitative estimate of drug-likeness (QED) is 0.289. The molecule has 0 atom stereocenters. The van der Waals surface area contributed by atoms with Gasteiger partial charge in [-0.15, -0.1) is 0 Å². The summed E-state index contributed by atoms with van der Waals surface area (Å²) in [6.45, 7) is 0. The maximum Gasteiger partial charge on any atom is 0.225 e. The average molecular weight is 170 g/mol. The van der Waals surface area contributed by atoms with Crippen molar-refractivity contribution in [1.29, 1.82) is 0 Å². The van der Waals surface area contributed by atoms with Gasteiger partial charge < -0.3 is 0 Å². The molecule has 1 rings (SSSR count). The molecule has 1 heterocycles. The predicted octanol–water partition coefficient (Wildman–Crippen LogP) is 1.12. The lowest BCUT2D eigenvalue weighted by atomic mass is 10.2. The summed E-state index contributed by atoms with van der Waals surface area (Å²) in [7, 11) is 0. The number of aromatic nitrogens is 1. The summed E-state index contributed by atoms with van der Waals surface area (Å²) < 4.78 is 0. The molecule has 4 heteroatoms. The number of aldehydes is 1. The molecule has 3 nitrogen and oxygen atoms in total. The Hall–Kier alpha value is -1.22. The van der Waals surface area contributed by atoms with Crippen LogP contribution in [0.4, 0.5) is 0 Å². The summed E-state index contributed by atoms with van der Waals surface area (Å²) >= 11 is 5.47. The van der Waals surface area contributed by atoms with Gasteiger partial charge in [-0.05, 0) is 12.1 Å². The van der Waals surface area contributed by atoms with Crippen LogP contribution in [0.3, 0.4) is 0 Å². The largest absolute Gasteiger partial charge is 0.294 e. The minimum absolute atomic E-state index is 0.206. The van der Waals surface area contributed by atoms with Crippen molar-refractivity contribution in [2.45, 2.75) is 0 Å². The fraction of sp³-hybridized carbons (Fsp3) is 0. The number of ketones is 1. The standard InChI is InChI=1S/C7H4ClNO2/c8-7-3-5(1-2-9-7)6(11)4-10/h1-4H. The van der Waals surface area contributed by atoms with Crippen LogP contribution in [-0.2, 0) is 4.79 Å². The molecule has 0 N–H and O–H groups in total. The molecule has 56 valence electrons. The van der Waals surface area contributed by atoms with E-state index in [1.165, 1.54) is 18.3 Å². The highest BCUT2D eigenvalue weighted by Crippen LogP contribution is 2.06. The number of pyridine rings is 1. The molecule has 0 fully saturated rings. The Morgan fingerprint density at radius 2 is 2.36 bits per heavy atom. The Kier molecular flexibility index (Phi) is 2.33. The van der Waals surface area contributed by atoms with E-state index in [0.29, 0.717) is 0 Å². The maximum absolute atomic E-state index is 10.7. The van der Waals surface area contributed by atoms with Crippen LogP contribution in [0.5, 0.6) is 0 Å². The zero-order valence-electron chi connectivity index (χ0n) is 5.45. The third-order valence-electron chi connectivity index (χ3n) is 1.12. The van der Waals surface area contributed by atoms with Crippen LogP contribution >= 0.6 is 11.6 Å². The lowest BCUT2D eigenvalue weighted by Crippen LogP contribution is -1.99. The molecule has 0 saturated carbocycles. The molecule has 0 radical (unpaired) electrons. The van der Waals surface area contributed by atoms with Gasteiger partial charge in [0.1, 0.15) is 5.15 Å². The van der Waals surface area contributed by atoms with E-state index < -0.39 is 5.78 Å². The lowest BCUT2D eigenvalue weighted by molar-refractivity contribution is -0.104. The smallest absolute Gasteiger partial charge is 0.225 e. The number of carbonyl (C=O) groups excluding carboxylic acids is 2. The number of hydrogen-bond donors (Lipinski definition) is 0. The van der Waals surface area contributed by atoms with Crippen molar-refractivity contribution in [1.82, 2.24) is 4.98 Å². The van der Waals surface area contributed by atoms with Crippen molar-refractivity contribution in [2.75, 3.05) is 0 Å². The fourth-order valence-electron chi connectivity index (χ4n) is 0.624. The second-order valence-corrected chi connectivity index (χ2v) is 2.24. The van der Waals surface area contributed by atoms with E-state index in [4.69, 9.17) is 11.6 Å². The van der Waals surface area contributed by atoms with Crippen molar-refractivity contribution in [3.8, 4) is 0 Å². The highest BCUT2D eigenvalue weighted by molar-refractivity contribution is 6.34. The van der Waals surface area contributed by atoms with Crippen LogP contribution in [0.1, 0.15) is 10.4 Å². The summed E-state index contributed by atoms with van der Waals surface area (Å²) in [5.74, 6) is -0.589. The molecular formula is C7H4ClNO2. The topological polar surface area (TPSA) is 47.0 Å². The lowest BCUT2D eigenvalue weighted by Gasteiger charge is -1.91. The molecule has 0 spiro atoms. The van der Waals surface area contributed by atoms with E-state index in [9.17, 15) is 9.59 Å². The summed E-state index contributed by atoms with van der Waals surface area (Å²) in [6.07, 6.45) is 1.62. The number of hydrogen-bond acceptors (Lipinski definition) is 3. The number of rotatable bonds is 2. The first-order chi connectivity index (χ1) is 5.24. The van der Waals surface area contributed by atoms with Crippen LogP contribution in [-0.4, -0.2) is 17.1 Å². The van der Waals surface area contributed by atoms with Gasteiger partial charge in [-0.25, -0.2) is 4.98 Å². The SMILES string of the molecule is O=CC(=O)c1ccnc(Cl)c1. The minimum Gasteiger partial charge on any atom is -0.294 e. The zero-order valence-corrected chi connectivity index (χ0v) is 6.21. The highest BCUT2D eigenvalue weighted by Gasteiger charge is 2.03. The van der Waals surface area contributed by atoms with Crippen molar-refractivity contribution in [2.24, 2.45) is 0 Å². The number of Topliss-reactive ketones (excluding diaryl/α,β-unsaturated/α-hetero) is 1. The van der Waals surface area contributed by atoms with E-state index in [1.807, 2.05) is 0 Å². The van der Waals surface area contributed by atoms with Crippen LogP contribution in [0, 0.1) is 0 Å². The first-order valence-corrected chi connectivity index (χ1v) is 3.23. The van der Waals surface area contributed by atoms with Crippen LogP contribution in [0.25, 0.3) is 0 Å². The molecule has 0 aliphatic heterocycles. The van der Waals surface area contributed by atoms with Crippen molar-refractivity contribution < 1.29 is 9.59 Å². The van der Waals surface area contributed by atoms with E-state index in [0.717, 1.165) is 0 Å². The molecule has 1 aromatic heterocycles. The van der Waals surface area contributed by atoms with Crippen molar-refractivity contribution in [3.05, 3.63) is 29.0 Å². The van der Waals surface area contributed by atoms with Gasteiger partial charge in [0.15, 0.2) is 6.29 Å². The Morgan fingerprint density at radius 1 is 1.64 bits per heavy atom. The predicted molar refractivity (Wildman–Crippen MR) is 39.6 cm³/mol. The molecule has 11 heavy (non-hydrogen) atoms. The summed E-state index contributed by atoms with van der Waals surface area (Å²) in [5.41, 5.74) is 0.264. The minimum atomic E-state index is -0.589. The Morgan fingerprint density at radius 3 is 2.91 bits per heavy atom. The molecule has 0 amide bonds. The average Bonchev–Trinajstić information content (AvgIpc) is 2.03. The second kappa shape index (κ2) is 3.25. The summed E-state index contributed by atoms with van der Waals surface area (Å²) in [4.78, 5) is 24.4. The molecule has 1 aromatic rings. The van der Waals surface area contributed by atoms with Crippen molar-refractivity contribution in [3.63, 3.8) is 0 Å². The van der Waals surface area contributed by atoms with Gasteiger partial charge in [0.05, 0.1) is 0 Å². The summed E-state index contributed by atoms with van der Waals surface area (Å²) in [6, 6.07) is 2.78. The number of nitrogens with zero attached hydrogens (tertiary/aromatic N) is 1. The van der Waals surface area contributed by atoms with Crippen LogP contribution < -0.4 is 0 Å². The molecule has 0 bridgehead atoms. The van der Waals surface area contributed by atoms with Crippen LogP contribution in [0.2, 0.25) is 5.15 Å². The molecular weight excluding hydrogens is 166 g/mol.